The van der Waals surface area contributed by atoms with Gasteiger partial charge in [-0.3, -0.25) is 9.36 Å². The van der Waals surface area contributed by atoms with Gasteiger partial charge in [0.05, 0.1) is 29.3 Å². The van der Waals surface area contributed by atoms with Gasteiger partial charge in [0, 0.05) is 0 Å². The highest BCUT2D eigenvalue weighted by Crippen LogP contribution is 2.11. The van der Waals surface area contributed by atoms with Crippen LogP contribution < -0.4 is 5.56 Å². The molecule has 0 aliphatic heterocycles. The minimum atomic E-state index is -1.10. The Hall–Kier alpha value is -3.02. The molecule has 0 aliphatic carbocycles. The largest absolute Gasteiger partial charge is 0.478 e. The van der Waals surface area contributed by atoms with Crippen LogP contribution in [0.2, 0.25) is 0 Å². The maximum Gasteiger partial charge on any atom is 0.335 e. The molecule has 0 radical (unpaired) electrons. The molecule has 2 aromatic carbocycles. The van der Waals surface area contributed by atoms with Crippen LogP contribution in [-0.2, 0) is 6.54 Å². The van der Waals surface area contributed by atoms with Crippen molar-refractivity contribution in [2.24, 2.45) is 0 Å². The molecule has 110 valence electrons. The summed E-state index contributed by atoms with van der Waals surface area (Å²) in [5.41, 5.74) is 0.882. The van der Waals surface area contributed by atoms with Gasteiger partial charge in [0.1, 0.15) is 5.82 Å². The molecule has 0 spiro atoms. The van der Waals surface area contributed by atoms with E-state index in [1.165, 1.54) is 41.2 Å². The number of carboxylic acids is 1. The van der Waals surface area contributed by atoms with E-state index >= 15 is 0 Å². The van der Waals surface area contributed by atoms with Crippen molar-refractivity contribution < 1.29 is 14.3 Å². The molecule has 0 fully saturated rings. The zero-order chi connectivity index (χ0) is 15.7. The molecular weight excluding hydrogens is 287 g/mol. The second-order valence-electron chi connectivity index (χ2n) is 4.84. The summed E-state index contributed by atoms with van der Waals surface area (Å²) in [6.45, 7) is 0.235. The number of rotatable bonds is 3. The normalized spacial score (nSPS) is 10.8. The van der Waals surface area contributed by atoms with E-state index in [4.69, 9.17) is 5.11 Å². The predicted molar refractivity (Wildman–Crippen MR) is 78.5 cm³/mol. The number of hydrogen-bond acceptors (Lipinski definition) is 3. The van der Waals surface area contributed by atoms with Crippen molar-refractivity contribution in [3.8, 4) is 0 Å². The number of hydrogen-bond donors (Lipinski definition) is 1. The number of fused-ring (bicyclic) bond motifs is 1. The molecule has 1 N–H and O–H groups in total. The molecule has 0 atom stereocenters. The molecule has 0 saturated heterocycles. The average Bonchev–Trinajstić information content (AvgIpc) is 2.52. The fourth-order valence-electron chi connectivity index (χ4n) is 2.19. The molecule has 22 heavy (non-hydrogen) atoms. The van der Waals surface area contributed by atoms with E-state index in [-0.39, 0.29) is 28.9 Å². The van der Waals surface area contributed by atoms with Gasteiger partial charge < -0.3 is 5.11 Å². The second kappa shape index (κ2) is 5.40. The summed E-state index contributed by atoms with van der Waals surface area (Å²) in [6, 6.07) is 10.0. The lowest BCUT2D eigenvalue weighted by atomic mass is 10.1. The van der Waals surface area contributed by atoms with Crippen molar-refractivity contribution in [2.75, 3.05) is 0 Å². The topological polar surface area (TPSA) is 72.2 Å². The van der Waals surface area contributed by atoms with Gasteiger partial charge in [-0.05, 0) is 35.9 Å². The molecule has 0 unspecified atom stereocenters. The van der Waals surface area contributed by atoms with Crippen molar-refractivity contribution in [3.05, 3.63) is 76.1 Å². The number of benzene rings is 2. The summed E-state index contributed by atoms with van der Waals surface area (Å²) < 4.78 is 14.3. The van der Waals surface area contributed by atoms with Gasteiger partial charge in [0.25, 0.3) is 5.56 Å². The van der Waals surface area contributed by atoms with E-state index in [1.807, 2.05) is 0 Å². The molecule has 6 heteroatoms. The highest BCUT2D eigenvalue weighted by atomic mass is 19.1. The molecule has 0 bridgehead atoms. The first-order valence-corrected chi connectivity index (χ1v) is 6.51. The van der Waals surface area contributed by atoms with Gasteiger partial charge in [-0.15, -0.1) is 0 Å². The Balaban J connectivity index is 2.07. The number of aromatic nitrogens is 2. The molecule has 0 aliphatic rings. The fourth-order valence-corrected chi connectivity index (χ4v) is 2.19. The van der Waals surface area contributed by atoms with Crippen molar-refractivity contribution in [2.45, 2.75) is 6.54 Å². The summed E-state index contributed by atoms with van der Waals surface area (Å²) in [5.74, 6) is -1.45. The smallest absolute Gasteiger partial charge is 0.335 e. The third-order valence-corrected chi connectivity index (χ3v) is 3.34. The lowest BCUT2D eigenvalue weighted by Gasteiger charge is -2.07. The summed E-state index contributed by atoms with van der Waals surface area (Å²) >= 11 is 0. The van der Waals surface area contributed by atoms with Crippen molar-refractivity contribution in [3.63, 3.8) is 0 Å². The van der Waals surface area contributed by atoms with Gasteiger partial charge in [0.15, 0.2) is 0 Å². The highest BCUT2D eigenvalue weighted by molar-refractivity contribution is 5.92. The summed E-state index contributed by atoms with van der Waals surface area (Å²) in [5, 5.41) is 9.24. The Morgan fingerprint density at radius 3 is 2.59 bits per heavy atom. The molecule has 3 aromatic rings. The van der Waals surface area contributed by atoms with E-state index < -0.39 is 5.97 Å². The van der Waals surface area contributed by atoms with E-state index in [0.29, 0.717) is 5.52 Å². The third kappa shape index (κ3) is 2.58. The van der Waals surface area contributed by atoms with Gasteiger partial charge >= 0.3 is 5.97 Å². The molecule has 0 saturated carbocycles. The average molecular weight is 298 g/mol. The molecule has 1 heterocycles. The number of nitrogens with zero attached hydrogens (tertiary/aromatic N) is 2. The molecule has 3 rings (SSSR count). The van der Waals surface area contributed by atoms with Gasteiger partial charge in [-0.2, -0.15) is 0 Å². The van der Waals surface area contributed by atoms with Gasteiger partial charge in [-0.25, -0.2) is 14.2 Å². The summed E-state index contributed by atoms with van der Waals surface area (Å²) in [6.07, 6.45) is 1.40. The number of halogens is 1. The quantitative estimate of drug-likeness (QED) is 0.805. The van der Waals surface area contributed by atoms with Crippen molar-refractivity contribution in [1.82, 2.24) is 9.55 Å². The zero-order valence-electron chi connectivity index (χ0n) is 11.4. The summed E-state index contributed by atoms with van der Waals surface area (Å²) in [4.78, 5) is 27.6. The van der Waals surface area contributed by atoms with Crippen LogP contribution in [0.1, 0.15) is 15.9 Å². The van der Waals surface area contributed by atoms with Crippen LogP contribution in [-0.4, -0.2) is 20.6 Å². The second-order valence-corrected chi connectivity index (χ2v) is 4.84. The Labute approximate surface area is 124 Å². The van der Waals surface area contributed by atoms with Crippen LogP contribution >= 0.6 is 0 Å². The standard InChI is InChI=1S/C16H11FN2O3/c17-12-4-1-10(2-5-12)8-19-9-18-14-6-3-11(16(21)22)7-13(14)15(19)20/h1-7,9H,8H2,(H,21,22). The maximum absolute atomic E-state index is 12.9. The molecule has 5 nitrogen and oxygen atoms in total. The SMILES string of the molecule is O=C(O)c1ccc2ncn(Cc3ccc(F)cc3)c(=O)c2c1. The summed E-state index contributed by atoms with van der Waals surface area (Å²) in [7, 11) is 0. The van der Waals surface area contributed by atoms with Crippen LogP contribution in [0.25, 0.3) is 10.9 Å². The van der Waals surface area contributed by atoms with Crippen LogP contribution in [0, 0.1) is 5.82 Å². The van der Waals surface area contributed by atoms with E-state index in [2.05, 4.69) is 4.98 Å². The zero-order valence-corrected chi connectivity index (χ0v) is 11.4. The Kier molecular flexibility index (Phi) is 3.42. The first-order valence-electron chi connectivity index (χ1n) is 6.51. The predicted octanol–water partition coefficient (Wildman–Crippen LogP) is 2.28. The van der Waals surface area contributed by atoms with Crippen molar-refractivity contribution in [1.29, 1.82) is 0 Å². The minimum absolute atomic E-state index is 0.0333. The Bertz CT molecular complexity index is 917. The van der Waals surface area contributed by atoms with Gasteiger partial charge in [-0.1, -0.05) is 12.1 Å². The first-order chi connectivity index (χ1) is 10.5. The molecule has 0 amide bonds. The molecular formula is C16H11FN2O3. The van der Waals surface area contributed by atoms with E-state index in [0.717, 1.165) is 5.56 Å². The Morgan fingerprint density at radius 1 is 1.18 bits per heavy atom. The number of aromatic carboxylic acids is 1. The Morgan fingerprint density at radius 2 is 1.91 bits per heavy atom. The van der Waals surface area contributed by atoms with Crippen LogP contribution in [0.15, 0.2) is 53.6 Å². The fraction of sp³-hybridized carbons (Fsp3) is 0.0625. The lowest BCUT2D eigenvalue weighted by molar-refractivity contribution is 0.0697. The third-order valence-electron chi connectivity index (χ3n) is 3.34. The van der Waals surface area contributed by atoms with Gasteiger partial charge in [0.2, 0.25) is 0 Å². The first kappa shape index (κ1) is 13.9. The maximum atomic E-state index is 12.9. The number of carbonyl (C=O) groups is 1. The van der Waals surface area contributed by atoms with Crippen LogP contribution in [0.5, 0.6) is 0 Å². The minimum Gasteiger partial charge on any atom is -0.478 e. The van der Waals surface area contributed by atoms with E-state index in [9.17, 15) is 14.0 Å². The van der Waals surface area contributed by atoms with E-state index in [1.54, 1.807) is 12.1 Å². The van der Waals surface area contributed by atoms with Crippen LogP contribution in [0.3, 0.4) is 0 Å². The highest BCUT2D eigenvalue weighted by Gasteiger charge is 2.09. The number of carboxylic acid groups (broad SMARTS) is 1. The lowest BCUT2D eigenvalue weighted by Crippen LogP contribution is -2.21. The van der Waals surface area contributed by atoms with Crippen molar-refractivity contribution >= 4 is 16.9 Å². The molecule has 1 aromatic heterocycles. The monoisotopic (exact) mass is 298 g/mol. The van der Waals surface area contributed by atoms with Crippen LogP contribution in [0.4, 0.5) is 4.39 Å².